The lowest BCUT2D eigenvalue weighted by molar-refractivity contribution is 0.350. The molecule has 0 saturated heterocycles. The second-order valence-corrected chi connectivity index (χ2v) is 5.14. The minimum absolute atomic E-state index is 0.412. The van der Waals surface area contributed by atoms with Crippen LogP contribution in [0.1, 0.15) is 32.6 Å². The zero-order chi connectivity index (χ0) is 13.2. The van der Waals surface area contributed by atoms with Gasteiger partial charge in [-0.25, -0.2) is 4.85 Å². The van der Waals surface area contributed by atoms with Crippen molar-refractivity contribution in [2.24, 2.45) is 5.92 Å². The van der Waals surface area contributed by atoms with E-state index in [4.69, 9.17) is 6.57 Å². The molecule has 2 heterocycles. The standard InChI is InChI=1S/C13H16N6/c1-9-5-3-4-6-10(9)17-13-11(14-2)7-16-19-12(13)8-15-18-19/h7-10,17H,3-6H2,1H3. The number of nitrogens with zero attached hydrogens (tertiary/aromatic N) is 5. The minimum Gasteiger partial charge on any atom is -0.389 e. The second kappa shape index (κ2) is 4.84. The minimum atomic E-state index is 0.412. The number of aromatic nitrogens is 4. The zero-order valence-electron chi connectivity index (χ0n) is 10.9. The van der Waals surface area contributed by atoms with Gasteiger partial charge in [0.25, 0.3) is 0 Å². The SMILES string of the molecule is [C-]#[N+]c1cnn2nncc2c1NC1CCCCC1C. The predicted molar refractivity (Wildman–Crippen MR) is 72.1 cm³/mol. The molecule has 2 aromatic rings. The van der Waals surface area contributed by atoms with Gasteiger partial charge in [0.05, 0.1) is 24.7 Å². The van der Waals surface area contributed by atoms with Crippen LogP contribution in [0.15, 0.2) is 12.4 Å². The first-order valence-corrected chi connectivity index (χ1v) is 6.63. The van der Waals surface area contributed by atoms with E-state index in [-0.39, 0.29) is 0 Å². The summed E-state index contributed by atoms with van der Waals surface area (Å²) < 4.78 is 1.46. The van der Waals surface area contributed by atoms with Gasteiger partial charge in [-0.15, -0.1) is 9.73 Å². The van der Waals surface area contributed by atoms with Crippen molar-refractivity contribution in [2.45, 2.75) is 38.6 Å². The van der Waals surface area contributed by atoms with Crippen LogP contribution < -0.4 is 5.32 Å². The molecule has 19 heavy (non-hydrogen) atoms. The van der Waals surface area contributed by atoms with Gasteiger partial charge in [0.1, 0.15) is 5.52 Å². The molecule has 1 aliphatic rings. The lowest BCUT2D eigenvalue weighted by Crippen LogP contribution is -2.30. The van der Waals surface area contributed by atoms with Crippen LogP contribution in [0.4, 0.5) is 11.4 Å². The number of fused-ring (bicyclic) bond motifs is 1. The maximum absolute atomic E-state index is 7.28. The average molecular weight is 256 g/mol. The van der Waals surface area contributed by atoms with Gasteiger partial charge in [0.15, 0.2) is 0 Å². The summed E-state index contributed by atoms with van der Waals surface area (Å²) in [5.74, 6) is 0.622. The summed E-state index contributed by atoms with van der Waals surface area (Å²) in [6.45, 7) is 9.54. The molecule has 0 aliphatic heterocycles. The molecule has 1 aliphatic carbocycles. The molecule has 1 saturated carbocycles. The van der Waals surface area contributed by atoms with E-state index in [2.05, 4.69) is 32.5 Å². The molecule has 6 nitrogen and oxygen atoms in total. The Hall–Kier alpha value is -2.16. The highest BCUT2D eigenvalue weighted by molar-refractivity contribution is 5.83. The Labute approximate surface area is 111 Å². The molecular weight excluding hydrogens is 240 g/mol. The van der Waals surface area contributed by atoms with E-state index in [0.717, 1.165) is 17.6 Å². The highest BCUT2D eigenvalue weighted by Gasteiger charge is 2.23. The van der Waals surface area contributed by atoms with Gasteiger partial charge in [-0.1, -0.05) is 19.8 Å². The monoisotopic (exact) mass is 256 g/mol. The molecule has 0 spiro atoms. The summed E-state index contributed by atoms with van der Waals surface area (Å²) in [7, 11) is 0. The Bertz CT molecular complexity index is 626. The van der Waals surface area contributed by atoms with Crippen molar-refractivity contribution in [1.29, 1.82) is 0 Å². The van der Waals surface area contributed by atoms with Crippen LogP contribution in [0.2, 0.25) is 0 Å². The molecular formula is C13H16N6. The molecule has 0 amide bonds. The first-order chi connectivity index (χ1) is 9.29. The average Bonchev–Trinajstić information content (AvgIpc) is 2.90. The lowest BCUT2D eigenvalue weighted by atomic mass is 9.86. The van der Waals surface area contributed by atoms with E-state index in [0.29, 0.717) is 17.6 Å². The molecule has 1 fully saturated rings. The third kappa shape index (κ3) is 2.12. The Morgan fingerprint density at radius 2 is 2.21 bits per heavy atom. The largest absolute Gasteiger partial charge is 0.389 e. The van der Waals surface area contributed by atoms with Gasteiger partial charge in [-0.05, 0) is 24.0 Å². The molecule has 2 atom stereocenters. The van der Waals surface area contributed by atoms with Crippen molar-refractivity contribution in [3.05, 3.63) is 23.8 Å². The maximum Gasteiger partial charge on any atom is 0.231 e. The molecule has 3 rings (SSSR count). The van der Waals surface area contributed by atoms with E-state index in [9.17, 15) is 0 Å². The molecule has 0 bridgehead atoms. The van der Waals surface area contributed by atoms with E-state index < -0.39 is 0 Å². The van der Waals surface area contributed by atoms with Gasteiger partial charge in [0, 0.05) is 6.04 Å². The fraction of sp³-hybridized carbons (Fsp3) is 0.538. The Morgan fingerprint density at radius 3 is 3.00 bits per heavy atom. The van der Waals surface area contributed by atoms with E-state index in [1.807, 2.05) is 0 Å². The normalized spacial score (nSPS) is 23.2. The van der Waals surface area contributed by atoms with Gasteiger partial charge >= 0.3 is 0 Å². The zero-order valence-corrected chi connectivity index (χ0v) is 10.9. The summed E-state index contributed by atoms with van der Waals surface area (Å²) in [6.07, 6.45) is 8.13. The highest BCUT2D eigenvalue weighted by Crippen LogP contribution is 2.33. The smallest absolute Gasteiger partial charge is 0.231 e. The topological polar surface area (TPSA) is 59.5 Å². The van der Waals surface area contributed by atoms with Crippen molar-refractivity contribution in [2.75, 3.05) is 5.32 Å². The van der Waals surface area contributed by atoms with E-state index in [1.165, 1.54) is 23.9 Å². The van der Waals surface area contributed by atoms with Crippen molar-refractivity contribution < 1.29 is 0 Å². The van der Waals surface area contributed by atoms with Gasteiger partial charge in [-0.3, -0.25) is 0 Å². The van der Waals surface area contributed by atoms with Crippen molar-refractivity contribution >= 4 is 16.9 Å². The summed E-state index contributed by atoms with van der Waals surface area (Å²) >= 11 is 0. The quantitative estimate of drug-likeness (QED) is 0.839. The van der Waals surface area contributed by atoms with Crippen LogP contribution in [-0.4, -0.2) is 26.1 Å². The van der Waals surface area contributed by atoms with Crippen LogP contribution in [0.5, 0.6) is 0 Å². The summed E-state index contributed by atoms with van der Waals surface area (Å²) in [6, 6.07) is 0.412. The van der Waals surface area contributed by atoms with Crippen molar-refractivity contribution in [3.63, 3.8) is 0 Å². The Balaban J connectivity index is 1.98. The van der Waals surface area contributed by atoms with Crippen LogP contribution >= 0.6 is 0 Å². The van der Waals surface area contributed by atoms with Crippen molar-refractivity contribution in [1.82, 2.24) is 20.0 Å². The van der Waals surface area contributed by atoms with Crippen LogP contribution in [0.3, 0.4) is 0 Å². The van der Waals surface area contributed by atoms with Crippen LogP contribution in [0, 0.1) is 12.5 Å². The van der Waals surface area contributed by atoms with E-state index in [1.54, 1.807) is 12.4 Å². The molecule has 0 aromatic carbocycles. The van der Waals surface area contributed by atoms with Gasteiger partial charge in [0.2, 0.25) is 5.69 Å². The summed E-state index contributed by atoms with van der Waals surface area (Å²) in [4.78, 5) is 3.55. The summed E-state index contributed by atoms with van der Waals surface area (Å²) in [5.41, 5.74) is 2.12. The number of nitrogens with one attached hydrogen (secondary N) is 1. The first-order valence-electron chi connectivity index (χ1n) is 6.63. The molecule has 6 heteroatoms. The van der Waals surface area contributed by atoms with E-state index >= 15 is 0 Å². The third-order valence-electron chi connectivity index (χ3n) is 3.90. The fourth-order valence-corrected chi connectivity index (χ4v) is 2.73. The molecule has 2 unspecified atom stereocenters. The highest BCUT2D eigenvalue weighted by atomic mass is 15.5. The maximum atomic E-state index is 7.28. The van der Waals surface area contributed by atoms with Gasteiger partial charge in [-0.2, -0.15) is 5.10 Å². The number of hydrogen-bond acceptors (Lipinski definition) is 4. The van der Waals surface area contributed by atoms with Gasteiger partial charge < -0.3 is 5.32 Å². The number of hydrogen-bond donors (Lipinski definition) is 1. The predicted octanol–water partition coefficient (Wildman–Crippen LogP) is 2.67. The fourth-order valence-electron chi connectivity index (χ4n) is 2.73. The molecule has 98 valence electrons. The number of anilines is 1. The Kier molecular flexibility index (Phi) is 3.03. The first kappa shape index (κ1) is 11.9. The Morgan fingerprint density at radius 1 is 1.37 bits per heavy atom. The van der Waals surface area contributed by atoms with Crippen LogP contribution in [0.25, 0.3) is 10.4 Å². The summed E-state index contributed by atoms with van der Waals surface area (Å²) in [5, 5.41) is 15.3. The van der Waals surface area contributed by atoms with Crippen molar-refractivity contribution in [3.8, 4) is 0 Å². The lowest BCUT2D eigenvalue weighted by Gasteiger charge is -2.30. The van der Waals surface area contributed by atoms with Crippen LogP contribution in [-0.2, 0) is 0 Å². The molecule has 0 radical (unpaired) electrons. The number of rotatable bonds is 2. The molecule has 1 N–H and O–H groups in total. The third-order valence-corrected chi connectivity index (χ3v) is 3.90. The second-order valence-electron chi connectivity index (χ2n) is 5.14. The molecule has 2 aromatic heterocycles.